The van der Waals surface area contributed by atoms with Crippen molar-refractivity contribution in [1.29, 1.82) is 0 Å². The van der Waals surface area contributed by atoms with Crippen LogP contribution in [0.2, 0.25) is 5.02 Å². The van der Waals surface area contributed by atoms with Crippen LogP contribution in [0.15, 0.2) is 42.9 Å². The number of likely N-dealkylation sites (tertiary alicyclic amines) is 1. The van der Waals surface area contributed by atoms with E-state index in [-0.39, 0.29) is 17.7 Å². The Balaban J connectivity index is 1.25. The molecule has 0 radical (unpaired) electrons. The highest BCUT2D eigenvalue weighted by Gasteiger charge is 2.55. The van der Waals surface area contributed by atoms with Gasteiger partial charge < -0.3 is 20.5 Å². The lowest BCUT2D eigenvalue weighted by Crippen LogP contribution is -2.63. The lowest BCUT2D eigenvalue weighted by molar-refractivity contribution is -0.0775. The molecule has 1 atom stereocenters. The molecule has 8 rings (SSSR count). The van der Waals surface area contributed by atoms with E-state index in [1.807, 2.05) is 36.1 Å². The number of pyridine rings is 1. The number of benzene rings is 1. The average Bonchev–Trinajstić information content (AvgIpc) is 3.70. The summed E-state index contributed by atoms with van der Waals surface area (Å²) in [5.41, 5.74) is 12.3. The molecule has 232 valence electrons. The van der Waals surface area contributed by atoms with Crippen LogP contribution in [0.25, 0.3) is 39.1 Å². The van der Waals surface area contributed by atoms with Gasteiger partial charge in [0, 0.05) is 71.3 Å². The summed E-state index contributed by atoms with van der Waals surface area (Å²) in [6, 6.07) is 7.88. The number of hydrogen-bond acceptors (Lipinski definition) is 7. The van der Waals surface area contributed by atoms with Gasteiger partial charge in [-0.1, -0.05) is 11.6 Å². The van der Waals surface area contributed by atoms with Crippen LogP contribution in [0.5, 0.6) is 0 Å². The minimum absolute atomic E-state index is 0.0337. The zero-order chi connectivity index (χ0) is 31.0. The summed E-state index contributed by atoms with van der Waals surface area (Å²) in [6.07, 6.45) is 9.35. The largest absolute Gasteiger partial charge is 0.465 e. The van der Waals surface area contributed by atoms with Crippen LogP contribution >= 0.6 is 11.6 Å². The van der Waals surface area contributed by atoms with Gasteiger partial charge in [-0.25, -0.2) is 19.1 Å². The molecule has 2 saturated heterocycles. The highest BCUT2D eigenvalue weighted by atomic mass is 35.5. The molecule has 3 fully saturated rings. The summed E-state index contributed by atoms with van der Waals surface area (Å²) in [7, 11) is 0. The monoisotopic (exact) mass is 627 g/mol. The molecule has 3 aliphatic rings. The second-order valence-electron chi connectivity index (χ2n) is 12.8. The van der Waals surface area contributed by atoms with Crippen LogP contribution < -0.4 is 5.73 Å². The number of hydrogen-bond donors (Lipinski definition) is 2. The second-order valence-corrected chi connectivity index (χ2v) is 13.1. The molecule has 3 N–H and O–H groups in total. The summed E-state index contributed by atoms with van der Waals surface area (Å²) in [4.78, 5) is 17.6. The zero-order valence-electron chi connectivity index (χ0n) is 25.1. The molecule has 1 aromatic carbocycles. The molecule has 1 unspecified atom stereocenters. The van der Waals surface area contributed by atoms with E-state index in [0.29, 0.717) is 29.7 Å². The van der Waals surface area contributed by atoms with Crippen molar-refractivity contribution in [2.75, 3.05) is 25.4 Å². The maximum absolute atomic E-state index is 11.4. The molecule has 1 aliphatic carbocycles. The van der Waals surface area contributed by atoms with E-state index in [1.54, 1.807) is 16.9 Å². The normalized spacial score (nSPS) is 19.6. The summed E-state index contributed by atoms with van der Waals surface area (Å²) in [5.74, 6) is 1.07. The number of nitrogens with two attached hydrogens (primary N) is 1. The Labute approximate surface area is 264 Å². The van der Waals surface area contributed by atoms with Gasteiger partial charge in [-0.2, -0.15) is 10.2 Å². The smallest absolute Gasteiger partial charge is 0.407 e. The molecule has 1 amide bonds. The number of halogens is 1. The lowest BCUT2D eigenvalue weighted by Gasteiger charge is -2.58. The predicted molar refractivity (Wildman–Crippen MR) is 169 cm³/mol. The van der Waals surface area contributed by atoms with Gasteiger partial charge in [-0.15, -0.1) is 5.10 Å². The van der Waals surface area contributed by atoms with Crippen molar-refractivity contribution in [2.24, 2.45) is 5.41 Å². The van der Waals surface area contributed by atoms with Gasteiger partial charge in [-0.3, -0.25) is 4.68 Å². The van der Waals surface area contributed by atoms with Crippen LogP contribution in [0.4, 0.5) is 10.6 Å². The number of amides is 1. The van der Waals surface area contributed by atoms with Crippen molar-refractivity contribution in [3.8, 4) is 28.2 Å². The minimum atomic E-state index is -0.852. The first kappa shape index (κ1) is 28.1. The van der Waals surface area contributed by atoms with Gasteiger partial charge in [0.05, 0.1) is 22.8 Å². The molecule has 4 aromatic heterocycles. The summed E-state index contributed by atoms with van der Waals surface area (Å²) >= 11 is 7.19. The number of aryl methyl sites for hydroxylation is 1. The highest BCUT2D eigenvalue weighted by molar-refractivity contribution is 6.36. The van der Waals surface area contributed by atoms with E-state index in [4.69, 9.17) is 37.3 Å². The Morgan fingerprint density at radius 3 is 2.58 bits per heavy atom. The molecule has 6 heterocycles. The predicted octanol–water partition coefficient (Wildman–Crippen LogP) is 6.01. The molecular weight excluding hydrogens is 594 g/mol. The fraction of sp³-hybridized carbons (Fsp3) is 0.406. The van der Waals surface area contributed by atoms with Gasteiger partial charge in [0.15, 0.2) is 12.0 Å². The van der Waals surface area contributed by atoms with Crippen LogP contribution in [-0.2, 0) is 4.74 Å². The fourth-order valence-electron chi connectivity index (χ4n) is 7.46. The SMILES string of the molecule is Cc1cc2c(cnn2C2CCCCO2)c(-c2c(-c3ccc(-n4ccc(N)n4)nc3)nn(C3CC4(C3)CN(C(=O)O)C4)c2C)c1Cl. The maximum atomic E-state index is 11.4. The Morgan fingerprint density at radius 1 is 1.09 bits per heavy atom. The average molecular weight is 628 g/mol. The third-order valence-electron chi connectivity index (χ3n) is 9.72. The Morgan fingerprint density at radius 2 is 1.91 bits per heavy atom. The number of carbonyl (C=O) groups is 1. The Bertz CT molecular complexity index is 1940. The second kappa shape index (κ2) is 10.3. The quantitative estimate of drug-likeness (QED) is 0.241. The number of fused-ring (bicyclic) bond motifs is 1. The van der Waals surface area contributed by atoms with Gasteiger partial charge in [0.1, 0.15) is 11.5 Å². The van der Waals surface area contributed by atoms with E-state index >= 15 is 0 Å². The first-order valence-electron chi connectivity index (χ1n) is 15.3. The van der Waals surface area contributed by atoms with Crippen molar-refractivity contribution in [2.45, 2.75) is 58.2 Å². The zero-order valence-corrected chi connectivity index (χ0v) is 25.9. The van der Waals surface area contributed by atoms with Gasteiger partial charge in [0.2, 0.25) is 0 Å². The van der Waals surface area contributed by atoms with E-state index in [0.717, 1.165) is 83.3 Å². The number of carboxylic acid groups (broad SMARTS) is 1. The number of nitrogens with zero attached hydrogens (tertiary/aromatic N) is 8. The molecular formula is C32H34ClN9O3. The van der Waals surface area contributed by atoms with Crippen molar-refractivity contribution in [1.82, 2.24) is 39.2 Å². The van der Waals surface area contributed by atoms with Crippen molar-refractivity contribution in [3.05, 3.63) is 59.1 Å². The molecule has 0 bridgehead atoms. The molecule has 2 aliphatic heterocycles. The van der Waals surface area contributed by atoms with Crippen molar-refractivity contribution >= 4 is 34.4 Å². The molecule has 1 spiro atoms. The van der Waals surface area contributed by atoms with Crippen molar-refractivity contribution in [3.63, 3.8) is 0 Å². The summed E-state index contributed by atoms with van der Waals surface area (Å²) < 4.78 is 11.9. The summed E-state index contributed by atoms with van der Waals surface area (Å²) in [5, 5.41) is 25.3. The Hall–Kier alpha value is -4.42. The van der Waals surface area contributed by atoms with Crippen LogP contribution in [0.1, 0.15) is 55.6 Å². The van der Waals surface area contributed by atoms with Crippen LogP contribution in [0.3, 0.4) is 0 Å². The molecule has 12 nitrogen and oxygen atoms in total. The molecule has 5 aromatic rings. The standard InChI is InChI=1S/C32H34ClN9O3/c1-18-11-23-22(15-36-42(23)26-5-3-4-10-45-26)28(29(18)33)27-19(2)41(21-12-32(13-21)16-39(17-32)31(43)44)38-30(27)20-6-7-25(35-14-20)40-9-8-24(34)37-40/h6-9,11,14-15,21,26H,3-5,10,12-13,16-17H2,1-2H3,(H2,34,37)(H,43,44). The van der Waals surface area contributed by atoms with Gasteiger partial charge in [0.25, 0.3) is 0 Å². The lowest BCUT2D eigenvalue weighted by atomic mass is 9.61. The van der Waals surface area contributed by atoms with Crippen molar-refractivity contribution < 1.29 is 14.6 Å². The van der Waals surface area contributed by atoms with E-state index in [9.17, 15) is 9.90 Å². The topological polar surface area (TPSA) is 142 Å². The van der Waals surface area contributed by atoms with E-state index in [2.05, 4.69) is 22.8 Å². The minimum Gasteiger partial charge on any atom is -0.465 e. The molecule has 13 heteroatoms. The number of nitrogen functional groups attached to an aromatic ring is 1. The third-order valence-corrected chi connectivity index (χ3v) is 10.2. The number of rotatable bonds is 5. The summed E-state index contributed by atoms with van der Waals surface area (Å²) in [6.45, 7) is 6.00. The van der Waals surface area contributed by atoms with Crippen LogP contribution in [-0.4, -0.2) is 70.1 Å². The number of ether oxygens (including phenoxy) is 1. The molecule has 1 saturated carbocycles. The third kappa shape index (κ3) is 4.49. The number of aromatic nitrogens is 7. The van der Waals surface area contributed by atoms with E-state index in [1.165, 1.54) is 4.90 Å². The molecule has 45 heavy (non-hydrogen) atoms. The van der Waals surface area contributed by atoms with Gasteiger partial charge >= 0.3 is 6.09 Å². The Kier molecular flexibility index (Phi) is 6.44. The first-order valence-corrected chi connectivity index (χ1v) is 15.7. The van der Waals surface area contributed by atoms with Gasteiger partial charge in [-0.05, 0) is 69.7 Å². The van der Waals surface area contributed by atoms with Crippen LogP contribution in [0, 0.1) is 19.3 Å². The first-order chi connectivity index (χ1) is 21.7. The number of anilines is 1. The maximum Gasteiger partial charge on any atom is 0.407 e. The fourth-order valence-corrected chi connectivity index (χ4v) is 7.71. The van der Waals surface area contributed by atoms with E-state index < -0.39 is 6.09 Å². The highest BCUT2D eigenvalue weighted by Crippen LogP contribution is 2.55.